The van der Waals surface area contributed by atoms with Gasteiger partial charge in [0.1, 0.15) is 6.04 Å². The van der Waals surface area contributed by atoms with Gasteiger partial charge in [-0.15, -0.1) is 23.1 Å². The lowest BCUT2D eigenvalue weighted by molar-refractivity contribution is 1.16. The molecule has 1 radical (unpaired) electrons. The standard InChI is InChI=1S/C7H6NS2/c1-2-7(10-3-1)6-4-9-5-8-6/h1-3,5H,4H2. The van der Waals surface area contributed by atoms with Gasteiger partial charge in [-0.3, -0.25) is 4.99 Å². The van der Waals surface area contributed by atoms with E-state index in [0.29, 0.717) is 0 Å². The number of nitrogens with zero attached hydrogens (tertiary/aromatic N) is 1. The van der Waals surface area contributed by atoms with E-state index in [1.54, 1.807) is 23.1 Å². The summed E-state index contributed by atoms with van der Waals surface area (Å²) in [4.78, 5) is 5.55. The number of thiophene rings is 1. The van der Waals surface area contributed by atoms with Crippen molar-refractivity contribution in [1.29, 1.82) is 0 Å². The molecule has 0 aliphatic carbocycles. The molecule has 1 nitrogen and oxygen atoms in total. The van der Waals surface area contributed by atoms with E-state index in [4.69, 9.17) is 0 Å². The first-order chi connectivity index (χ1) is 4.97. The third-order valence-corrected chi connectivity index (χ3v) is 2.92. The Morgan fingerprint density at radius 3 is 3.10 bits per heavy atom. The van der Waals surface area contributed by atoms with Gasteiger partial charge in [0.05, 0.1) is 5.55 Å². The van der Waals surface area contributed by atoms with Crippen LogP contribution < -0.4 is 0 Å². The number of rotatable bonds is 1. The van der Waals surface area contributed by atoms with E-state index in [1.165, 1.54) is 10.9 Å². The van der Waals surface area contributed by atoms with Crippen molar-refractivity contribution in [2.75, 3.05) is 5.75 Å². The Bertz CT molecular complexity index is 228. The molecule has 1 aromatic heterocycles. The molecule has 0 saturated carbocycles. The van der Waals surface area contributed by atoms with Crippen molar-refractivity contribution >= 4 is 28.6 Å². The number of hydrogen-bond donors (Lipinski definition) is 0. The lowest BCUT2D eigenvalue weighted by Crippen LogP contribution is -1.90. The van der Waals surface area contributed by atoms with Crippen LogP contribution in [0, 0.1) is 6.04 Å². The van der Waals surface area contributed by atoms with Gasteiger partial charge >= 0.3 is 0 Å². The van der Waals surface area contributed by atoms with Crippen molar-refractivity contribution in [3.8, 4) is 0 Å². The van der Waals surface area contributed by atoms with E-state index in [0.717, 1.165) is 5.75 Å². The highest BCUT2D eigenvalue weighted by molar-refractivity contribution is 8.12. The fourth-order valence-corrected chi connectivity index (χ4v) is 2.31. The highest BCUT2D eigenvalue weighted by Gasteiger charge is 2.14. The Labute approximate surface area is 68.2 Å². The van der Waals surface area contributed by atoms with Gasteiger partial charge in [0, 0.05) is 10.6 Å². The smallest absolute Gasteiger partial charge is 0.135 e. The summed E-state index contributed by atoms with van der Waals surface area (Å²) in [6.07, 6.45) is 0. The molecule has 2 heterocycles. The zero-order chi connectivity index (χ0) is 6.81. The largest absolute Gasteiger partial charge is 0.270 e. The van der Waals surface area contributed by atoms with Crippen molar-refractivity contribution in [3.63, 3.8) is 0 Å². The maximum atomic E-state index is 4.24. The molecule has 0 aromatic carbocycles. The van der Waals surface area contributed by atoms with Gasteiger partial charge < -0.3 is 0 Å². The molecule has 1 aromatic rings. The summed E-state index contributed by atoms with van der Waals surface area (Å²) in [6, 6.07) is 5.40. The molecule has 0 fully saturated rings. The summed E-state index contributed by atoms with van der Waals surface area (Å²) in [5.41, 5.74) is 1.91. The van der Waals surface area contributed by atoms with Crippen molar-refractivity contribution in [1.82, 2.24) is 0 Å². The molecule has 0 N–H and O–H groups in total. The van der Waals surface area contributed by atoms with Gasteiger partial charge in [-0.2, -0.15) is 0 Å². The van der Waals surface area contributed by atoms with Gasteiger partial charge in [-0.25, -0.2) is 0 Å². The van der Waals surface area contributed by atoms with Crippen molar-refractivity contribution < 1.29 is 0 Å². The monoisotopic (exact) mass is 168 g/mol. The average Bonchev–Trinajstić information content (AvgIpc) is 2.59. The fraction of sp³-hybridized carbons (Fsp3) is 0.143. The first-order valence-electron chi connectivity index (χ1n) is 3.00. The molecule has 0 unspecified atom stereocenters. The molecular weight excluding hydrogens is 162 g/mol. The van der Waals surface area contributed by atoms with Crippen LogP contribution in [0.4, 0.5) is 0 Å². The molecule has 0 saturated heterocycles. The van der Waals surface area contributed by atoms with Crippen LogP contribution in [0.15, 0.2) is 22.5 Å². The van der Waals surface area contributed by atoms with E-state index in [-0.39, 0.29) is 0 Å². The van der Waals surface area contributed by atoms with Crippen LogP contribution in [0.2, 0.25) is 0 Å². The second-order valence-corrected chi connectivity index (χ2v) is 3.75. The first-order valence-corrected chi connectivity index (χ1v) is 4.93. The minimum Gasteiger partial charge on any atom is -0.270 e. The molecule has 0 bridgehead atoms. The lowest BCUT2D eigenvalue weighted by atomic mass is 10.3. The van der Waals surface area contributed by atoms with Crippen LogP contribution >= 0.6 is 23.1 Å². The zero-order valence-corrected chi connectivity index (χ0v) is 6.91. The quantitative estimate of drug-likeness (QED) is 0.627. The Morgan fingerprint density at radius 1 is 1.50 bits per heavy atom. The minimum atomic E-state index is 1.04. The van der Waals surface area contributed by atoms with Gasteiger partial charge in [-0.05, 0) is 11.4 Å². The van der Waals surface area contributed by atoms with Crippen LogP contribution in [0.3, 0.4) is 0 Å². The Balaban J connectivity index is 2.20. The molecule has 3 heteroatoms. The Morgan fingerprint density at radius 2 is 2.50 bits per heavy atom. The molecule has 0 spiro atoms. The zero-order valence-electron chi connectivity index (χ0n) is 5.28. The molecule has 2 rings (SSSR count). The maximum absolute atomic E-state index is 4.24. The third-order valence-electron chi connectivity index (χ3n) is 1.31. The predicted octanol–water partition coefficient (Wildman–Crippen LogP) is 2.40. The van der Waals surface area contributed by atoms with Crippen molar-refractivity contribution in [3.05, 3.63) is 28.4 Å². The van der Waals surface area contributed by atoms with Gasteiger partial charge in [0.25, 0.3) is 0 Å². The molecule has 0 atom stereocenters. The Kier molecular flexibility index (Phi) is 1.78. The van der Waals surface area contributed by atoms with Crippen LogP contribution in [0.5, 0.6) is 0 Å². The maximum Gasteiger partial charge on any atom is 0.135 e. The minimum absolute atomic E-state index is 1.04. The molecular formula is C7H6NS2. The summed E-state index contributed by atoms with van der Waals surface area (Å²) < 4.78 is 0. The lowest BCUT2D eigenvalue weighted by Gasteiger charge is -1.97. The van der Waals surface area contributed by atoms with E-state index in [9.17, 15) is 0 Å². The van der Waals surface area contributed by atoms with Crippen LogP contribution in [-0.2, 0) is 0 Å². The molecule has 10 heavy (non-hydrogen) atoms. The first kappa shape index (κ1) is 6.43. The Hall–Kier alpha value is -0.280. The van der Waals surface area contributed by atoms with Crippen LogP contribution in [-0.4, -0.2) is 11.3 Å². The van der Waals surface area contributed by atoms with Gasteiger partial charge in [0.15, 0.2) is 0 Å². The number of aliphatic imine (C=N–C) groups is 1. The van der Waals surface area contributed by atoms with E-state index < -0.39 is 0 Å². The second-order valence-electron chi connectivity index (χ2n) is 1.97. The molecule has 1 aliphatic rings. The summed E-state index contributed by atoms with van der Waals surface area (Å²) in [5.74, 6) is 1.04. The van der Waals surface area contributed by atoms with Crippen LogP contribution in [0.25, 0.3) is 0 Å². The van der Waals surface area contributed by atoms with E-state index >= 15 is 0 Å². The summed E-state index contributed by atoms with van der Waals surface area (Å²) >= 11 is 3.51. The summed E-state index contributed by atoms with van der Waals surface area (Å²) in [6.45, 7) is 0. The van der Waals surface area contributed by atoms with E-state index in [1.807, 2.05) is 5.55 Å². The highest BCUT2D eigenvalue weighted by atomic mass is 32.2. The second kappa shape index (κ2) is 2.76. The van der Waals surface area contributed by atoms with E-state index in [2.05, 4.69) is 22.5 Å². The van der Waals surface area contributed by atoms with Crippen molar-refractivity contribution in [2.24, 2.45) is 4.99 Å². The van der Waals surface area contributed by atoms with Gasteiger partial charge in [0.2, 0.25) is 0 Å². The molecule has 0 amide bonds. The SMILES string of the molecule is C1=N[C](c2cccs2)CS1. The molecule has 1 aliphatic heterocycles. The summed E-state index contributed by atoms with van der Waals surface area (Å²) in [5, 5.41) is 2.08. The third kappa shape index (κ3) is 1.11. The fourth-order valence-electron chi connectivity index (χ4n) is 0.832. The molecule has 51 valence electrons. The normalized spacial score (nSPS) is 18.4. The number of thioether (sulfide) groups is 1. The summed E-state index contributed by atoms with van der Waals surface area (Å²) in [7, 11) is 0. The topological polar surface area (TPSA) is 12.4 Å². The predicted molar refractivity (Wildman–Crippen MR) is 47.6 cm³/mol. The highest BCUT2D eigenvalue weighted by Crippen LogP contribution is 2.28. The van der Waals surface area contributed by atoms with Gasteiger partial charge in [-0.1, -0.05) is 6.07 Å². The average molecular weight is 168 g/mol. The van der Waals surface area contributed by atoms with Crippen LogP contribution in [0.1, 0.15) is 4.88 Å². The number of hydrogen-bond acceptors (Lipinski definition) is 3. The van der Waals surface area contributed by atoms with Crippen molar-refractivity contribution in [2.45, 2.75) is 0 Å².